The summed E-state index contributed by atoms with van der Waals surface area (Å²) in [6, 6.07) is 2.76. The Balaban J connectivity index is 2.11. The van der Waals surface area contributed by atoms with Gasteiger partial charge in [-0.05, 0) is 36.8 Å². The number of halogens is 1. The van der Waals surface area contributed by atoms with E-state index in [9.17, 15) is 17.6 Å². The number of hydrogen-bond acceptors (Lipinski definition) is 4. The molecule has 1 aromatic carbocycles. The Bertz CT molecular complexity index is 627. The zero-order valence-electron chi connectivity index (χ0n) is 11.2. The Morgan fingerprint density at radius 2 is 2.19 bits per heavy atom. The number of carboxylic acids is 1. The van der Waals surface area contributed by atoms with Crippen LogP contribution in [0.15, 0.2) is 23.1 Å². The van der Waals surface area contributed by atoms with Crippen LogP contribution in [0.1, 0.15) is 29.6 Å². The van der Waals surface area contributed by atoms with Gasteiger partial charge in [0.05, 0.1) is 10.5 Å². The second kappa shape index (κ2) is 6.76. The molecule has 0 aromatic heterocycles. The highest BCUT2D eigenvalue weighted by Crippen LogP contribution is 2.25. The maximum Gasteiger partial charge on any atom is 0.338 e. The second-order valence-corrected chi connectivity index (χ2v) is 7.96. The first-order chi connectivity index (χ1) is 9.90. The van der Waals surface area contributed by atoms with Gasteiger partial charge in [0, 0.05) is 11.8 Å². The quantitative estimate of drug-likeness (QED) is 0.862. The fourth-order valence-electron chi connectivity index (χ4n) is 2.09. The summed E-state index contributed by atoms with van der Waals surface area (Å²) in [4.78, 5) is 10.6. The summed E-state index contributed by atoms with van der Waals surface area (Å²) in [6.07, 6.45) is 3.18. The topological polar surface area (TPSA) is 83.5 Å². The number of nitrogens with one attached hydrogen (secondary N) is 1. The summed E-state index contributed by atoms with van der Waals surface area (Å²) in [5, 5.41) is 9.06. The molecular weight excluding hydrogens is 317 g/mol. The molecule has 1 aliphatic rings. The summed E-state index contributed by atoms with van der Waals surface area (Å²) in [5.41, 5.74) is -0.648. The Kier molecular flexibility index (Phi) is 5.23. The molecule has 1 aliphatic heterocycles. The number of carboxylic acid groups (broad SMARTS) is 1. The van der Waals surface area contributed by atoms with Crippen molar-refractivity contribution in [3.05, 3.63) is 29.6 Å². The van der Waals surface area contributed by atoms with E-state index in [1.54, 1.807) is 11.8 Å². The molecule has 0 spiro atoms. The molecule has 1 unspecified atom stereocenters. The molecule has 0 radical (unpaired) electrons. The van der Waals surface area contributed by atoms with Gasteiger partial charge in [-0.3, -0.25) is 0 Å². The van der Waals surface area contributed by atoms with E-state index in [1.807, 2.05) is 0 Å². The lowest BCUT2D eigenvalue weighted by atomic mass is 10.2. The second-order valence-electron chi connectivity index (χ2n) is 4.79. The summed E-state index contributed by atoms with van der Waals surface area (Å²) in [6.45, 7) is 0.298. The van der Waals surface area contributed by atoms with Crippen LogP contribution in [0.4, 0.5) is 4.39 Å². The molecule has 1 aromatic rings. The van der Waals surface area contributed by atoms with Crippen molar-refractivity contribution in [1.29, 1.82) is 0 Å². The number of hydrogen-bond donors (Lipinski definition) is 2. The first-order valence-electron chi connectivity index (χ1n) is 6.54. The minimum atomic E-state index is -3.83. The van der Waals surface area contributed by atoms with Crippen molar-refractivity contribution >= 4 is 27.8 Å². The van der Waals surface area contributed by atoms with E-state index in [1.165, 1.54) is 0 Å². The normalized spacial score (nSPS) is 19.4. The van der Waals surface area contributed by atoms with Gasteiger partial charge in [0.2, 0.25) is 10.0 Å². The van der Waals surface area contributed by atoms with Crippen molar-refractivity contribution in [2.45, 2.75) is 29.4 Å². The third kappa shape index (κ3) is 4.18. The van der Waals surface area contributed by atoms with Gasteiger partial charge in [0.1, 0.15) is 5.82 Å². The lowest BCUT2D eigenvalue weighted by Gasteiger charge is -2.21. The standard InChI is InChI=1S/C13H16FNO4S2/c14-12-5-4-10(7-11(12)13(16)17)21(18,19)15-8-9-3-1-2-6-20-9/h4-5,7,9,15H,1-3,6,8H2,(H,16,17). The van der Waals surface area contributed by atoms with Crippen LogP contribution in [-0.4, -0.2) is 37.0 Å². The monoisotopic (exact) mass is 333 g/mol. The van der Waals surface area contributed by atoms with Gasteiger partial charge in [0.25, 0.3) is 0 Å². The van der Waals surface area contributed by atoms with Crippen molar-refractivity contribution in [3.63, 3.8) is 0 Å². The Morgan fingerprint density at radius 1 is 1.43 bits per heavy atom. The number of aromatic carboxylic acids is 1. The van der Waals surface area contributed by atoms with E-state index in [-0.39, 0.29) is 10.1 Å². The number of carbonyl (C=O) groups is 1. The molecule has 2 N–H and O–H groups in total. The van der Waals surface area contributed by atoms with E-state index >= 15 is 0 Å². The Hall–Kier alpha value is -1.12. The van der Waals surface area contributed by atoms with Crippen LogP contribution in [0.5, 0.6) is 0 Å². The van der Waals surface area contributed by atoms with E-state index in [2.05, 4.69) is 4.72 Å². The van der Waals surface area contributed by atoms with Crippen molar-refractivity contribution < 1.29 is 22.7 Å². The molecule has 1 atom stereocenters. The van der Waals surface area contributed by atoms with Gasteiger partial charge < -0.3 is 5.11 Å². The van der Waals surface area contributed by atoms with Crippen LogP contribution in [0.3, 0.4) is 0 Å². The third-order valence-corrected chi connectivity index (χ3v) is 6.07. The molecule has 5 nitrogen and oxygen atoms in total. The van der Waals surface area contributed by atoms with Crippen LogP contribution < -0.4 is 4.72 Å². The van der Waals surface area contributed by atoms with Gasteiger partial charge in [-0.2, -0.15) is 11.8 Å². The summed E-state index contributed by atoms with van der Waals surface area (Å²) < 4.78 is 40.0. The fraction of sp³-hybridized carbons (Fsp3) is 0.462. The zero-order chi connectivity index (χ0) is 15.5. The van der Waals surface area contributed by atoms with Crippen LogP contribution in [0, 0.1) is 5.82 Å². The van der Waals surface area contributed by atoms with Gasteiger partial charge in [-0.15, -0.1) is 0 Å². The van der Waals surface area contributed by atoms with Crippen molar-refractivity contribution in [3.8, 4) is 0 Å². The van der Waals surface area contributed by atoms with E-state index in [0.717, 1.165) is 43.2 Å². The van der Waals surface area contributed by atoms with Crippen LogP contribution in [0.25, 0.3) is 0 Å². The summed E-state index contributed by atoms with van der Waals surface area (Å²) in [7, 11) is -3.83. The largest absolute Gasteiger partial charge is 0.478 e. The van der Waals surface area contributed by atoms with Gasteiger partial charge >= 0.3 is 5.97 Å². The molecule has 21 heavy (non-hydrogen) atoms. The highest BCUT2D eigenvalue weighted by Gasteiger charge is 2.21. The molecule has 0 bridgehead atoms. The lowest BCUT2D eigenvalue weighted by molar-refractivity contribution is 0.0691. The van der Waals surface area contributed by atoms with E-state index in [0.29, 0.717) is 6.54 Å². The maximum absolute atomic E-state index is 13.3. The van der Waals surface area contributed by atoms with E-state index < -0.39 is 27.4 Å². The molecule has 1 fully saturated rings. The summed E-state index contributed by atoms with van der Waals surface area (Å²) in [5.74, 6) is -1.43. The highest BCUT2D eigenvalue weighted by molar-refractivity contribution is 8.00. The molecule has 116 valence electrons. The minimum Gasteiger partial charge on any atom is -0.478 e. The molecule has 1 saturated heterocycles. The van der Waals surface area contributed by atoms with Crippen LogP contribution >= 0.6 is 11.8 Å². The first kappa shape index (κ1) is 16.3. The molecule has 0 aliphatic carbocycles. The maximum atomic E-state index is 13.3. The Labute approximate surface area is 127 Å². The van der Waals surface area contributed by atoms with E-state index in [4.69, 9.17) is 5.11 Å². The zero-order valence-corrected chi connectivity index (χ0v) is 12.8. The number of benzene rings is 1. The predicted molar refractivity (Wildman–Crippen MR) is 78.6 cm³/mol. The van der Waals surface area contributed by atoms with Gasteiger partial charge in [-0.1, -0.05) is 6.42 Å². The van der Waals surface area contributed by atoms with Crippen LogP contribution in [-0.2, 0) is 10.0 Å². The number of thioether (sulfide) groups is 1. The third-order valence-electron chi connectivity index (χ3n) is 3.25. The smallest absolute Gasteiger partial charge is 0.338 e. The molecule has 1 heterocycles. The molecular formula is C13H16FNO4S2. The number of sulfonamides is 1. The summed E-state index contributed by atoms with van der Waals surface area (Å²) >= 11 is 1.73. The van der Waals surface area contributed by atoms with Crippen LogP contribution in [0.2, 0.25) is 0 Å². The minimum absolute atomic E-state index is 0.230. The fourth-order valence-corrected chi connectivity index (χ4v) is 4.54. The molecule has 2 rings (SSSR count). The highest BCUT2D eigenvalue weighted by atomic mass is 32.2. The van der Waals surface area contributed by atoms with Crippen molar-refractivity contribution in [2.24, 2.45) is 0 Å². The molecule has 8 heteroatoms. The molecule has 0 saturated carbocycles. The van der Waals surface area contributed by atoms with Crippen molar-refractivity contribution in [1.82, 2.24) is 4.72 Å². The van der Waals surface area contributed by atoms with Gasteiger partial charge in [0.15, 0.2) is 0 Å². The number of rotatable bonds is 5. The molecule has 0 amide bonds. The average molecular weight is 333 g/mol. The average Bonchev–Trinajstić information content (AvgIpc) is 2.46. The lowest BCUT2D eigenvalue weighted by Crippen LogP contribution is -2.32. The Morgan fingerprint density at radius 3 is 2.81 bits per heavy atom. The van der Waals surface area contributed by atoms with Crippen molar-refractivity contribution in [2.75, 3.05) is 12.3 Å². The SMILES string of the molecule is O=C(O)c1cc(S(=O)(=O)NCC2CCCCS2)ccc1F. The predicted octanol–water partition coefficient (Wildman–Crippen LogP) is 2.09. The van der Waals surface area contributed by atoms with Gasteiger partial charge in [-0.25, -0.2) is 22.3 Å². The first-order valence-corrected chi connectivity index (χ1v) is 9.07.